The average molecular weight is 273 g/mol. The van der Waals surface area contributed by atoms with Crippen molar-refractivity contribution in [2.24, 2.45) is 0 Å². The Hall–Kier alpha value is -2.32. The molecule has 0 aliphatic carbocycles. The minimum Gasteiger partial charge on any atom is -0.456 e. The van der Waals surface area contributed by atoms with Crippen molar-refractivity contribution < 1.29 is 13.2 Å². The van der Waals surface area contributed by atoms with E-state index < -0.39 is 15.7 Å². The second-order valence-corrected chi connectivity index (χ2v) is 5.69. The lowest BCUT2D eigenvalue weighted by Gasteiger charge is -2.09. The molecule has 0 radical (unpaired) electrons. The van der Waals surface area contributed by atoms with Gasteiger partial charge in [0.15, 0.2) is 0 Å². The van der Waals surface area contributed by atoms with E-state index in [0.29, 0.717) is 5.75 Å². The van der Waals surface area contributed by atoms with E-state index in [9.17, 15) is 8.42 Å². The van der Waals surface area contributed by atoms with Gasteiger partial charge >= 0.3 is 5.88 Å². The van der Waals surface area contributed by atoms with Crippen LogP contribution in [0.3, 0.4) is 0 Å². The molecule has 5 heteroatoms. The van der Waals surface area contributed by atoms with Crippen molar-refractivity contribution >= 4 is 9.84 Å². The molecule has 0 saturated heterocycles. The molecule has 0 aliphatic rings. The average Bonchev–Trinajstić information content (AvgIpc) is 2.40. The van der Waals surface area contributed by atoms with E-state index in [2.05, 4.69) is 4.85 Å². The Morgan fingerprint density at radius 1 is 1.00 bits per heavy atom. The Balaban J connectivity index is 2.41. The van der Waals surface area contributed by atoms with Gasteiger partial charge in [-0.3, -0.25) is 4.85 Å². The maximum Gasteiger partial charge on any atom is 0.316 e. The first-order valence-corrected chi connectivity index (χ1v) is 7.16. The number of ether oxygens (including phenoxy) is 1. The van der Waals surface area contributed by atoms with Crippen LogP contribution in [0.15, 0.2) is 59.5 Å². The van der Waals surface area contributed by atoms with Crippen LogP contribution in [0, 0.1) is 6.57 Å². The molecule has 2 aromatic rings. The van der Waals surface area contributed by atoms with Crippen molar-refractivity contribution in [3.63, 3.8) is 0 Å². The number of sulfone groups is 1. The van der Waals surface area contributed by atoms with Crippen LogP contribution in [-0.2, 0) is 9.84 Å². The van der Waals surface area contributed by atoms with Gasteiger partial charge in [0.25, 0.3) is 9.84 Å². The minimum atomic E-state index is -3.64. The van der Waals surface area contributed by atoms with Crippen LogP contribution < -0.4 is 4.74 Å². The van der Waals surface area contributed by atoms with E-state index in [4.69, 9.17) is 11.3 Å². The number of nitrogens with zero attached hydrogens (tertiary/aromatic N) is 1. The van der Waals surface area contributed by atoms with Crippen LogP contribution in [0.25, 0.3) is 4.85 Å². The molecule has 0 bridgehead atoms. The van der Waals surface area contributed by atoms with E-state index in [0.717, 1.165) is 0 Å². The maximum atomic E-state index is 11.9. The normalized spacial score (nSPS) is 10.7. The van der Waals surface area contributed by atoms with Crippen LogP contribution in [0.1, 0.15) is 0 Å². The van der Waals surface area contributed by atoms with Gasteiger partial charge in [0.2, 0.25) is 0 Å². The lowest BCUT2D eigenvalue weighted by molar-refractivity contribution is 0.467. The molecule has 0 unspecified atom stereocenters. The van der Waals surface area contributed by atoms with Gasteiger partial charge in [-0.2, -0.15) is 0 Å². The number of hydrogen-bond donors (Lipinski definition) is 0. The molecule has 0 N–H and O–H groups in total. The zero-order valence-corrected chi connectivity index (χ0v) is 10.8. The zero-order valence-electron chi connectivity index (χ0n) is 9.98. The topological polar surface area (TPSA) is 47.7 Å². The molecule has 2 aromatic carbocycles. The van der Waals surface area contributed by atoms with Gasteiger partial charge in [0.1, 0.15) is 16.4 Å². The second-order valence-electron chi connectivity index (χ2n) is 3.76. The summed E-state index contributed by atoms with van der Waals surface area (Å²) in [6, 6.07) is 15.2. The van der Waals surface area contributed by atoms with Crippen LogP contribution >= 0.6 is 0 Å². The Bertz CT molecular complexity index is 703. The molecule has 0 fully saturated rings. The highest BCUT2D eigenvalue weighted by Crippen LogP contribution is 2.29. The van der Waals surface area contributed by atoms with Gasteiger partial charge in [0, 0.05) is 0 Å². The first-order valence-electron chi connectivity index (χ1n) is 5.51. The molecule has 96 valence electrons. The van der Waals surface area contributed by atoms with Gasteiger partial charge in [0.05, 0.1) is 0 Å². The summed E-state index contributed by atoms with van der Waals surface area (Å²) in [5.74, 6) is 0.202. The van der Waals surface area contributed by atoms with E-state index in [1.165, 1.54) is 6.07 Å². The van der Waals surface area contributed by atoms with Gasteiger partial charge in [-0.25, -0.2) is 15.0 Å². The molecular weight excluding hydrogens is 262 g/mol. The molecule has 19 heavy (non-hydrogen) atoms. The summed E-state index contributed by atoms with van der Waals surface area (Å²) in [7, 11) is -3.64. The van der Waals surface area contributed by atoms with Crippen LogP contribution in [-0.4, -0.2) is 14.3 Å². The second kappa shape index (κ2) is 5.55. The Morgan fingerprint density at radius 2 is 1.63 bits per heavy atom. The van der Waals surface area contributed by atoms with Crippen LogP contribution in [0.4, 0.5) is 0 Å². The summed E-state index contributed by atoms with van der Waals surface area (Å²) >= 11 is 0. The van der Waals surface area contributed by atoms with Crippen molar-refractivity contribution in [3.05, 3.63) is 66.0 Å². The minimum absolute atomic E-state index is 0.0369. The molecule has 0 atom stereocenters. The standard InChI is InChI=1S/C14H11NO3S/c1-15-11-19(16,17)14-10-6-5-9-13(14)18-12-7-3-2-4-8-12/h2-10H,11H2. The third-order valence-corrected chi connectivity index (χ3v) is 3.87. The predicted octanol–water partition coefficient (Wildman–Crippen LogP) is 3.13. The fourth-order valence-corrected chi connectivity index (χ4v) is 2.57. The predicted molar refractivity (Wildman–Crippen MR) is 71.6 cm³/mol. The lowest BCUT2D eigenvalue weighted by atomic mass is 10.3. The molecule has 4 nitrogen and oxygen atoms in total. The summed E-state index contributed by atoms with van der Waals surface area (Å²) in [5, 5.41) is 0. The maximum absolute atomic E-state index is 11.9. The van der Waals surface area contributed by atoms with Crippen molar-refractivity contribution in [1.29, 1.82) is 0 Å². The molecular formula is C14H11NO3S. The Kier molecular flexibility index (Phi) is 3.83. The highest BCUT2D eigenvalue weighted by Gasteiger charge is 2.22. The summed E-state index contributed by atoms with van der Waals surface area (Å²) in [5.41, 5.74) is 0. The monoisotopic (exact) mass is 273 g/mol. The fourth-order valence-electron chi connectivity index (χ4n) is 1.56. The third-order valence-electron chi connectivity index (χ3n) is 2.39. The van der Waals surface area contributed by atoms with Crippen LogP contribution in [0.5, 0.6) is 11.5 Å². The number of para-hydroxylation sites is 2. The number of rotatable bonds is 4. The molecule has 0 saturated carbocycles. The van der Waals surface area contributed by atoms with Crippen LogP contribution in [0.2, 0.25) is 0 Å². The first-order chi connectivity index (χ1) is 9.13. The number of hydrogen-bond acceptors (Lipinski definition) is 3. The summed E-state index contributed by atoms with van der Waals surface area (Å²) in [4.78, 5) is 2.98. The van der Waals surface area contributed by atoms with Gasteiger partial charge < -0.3 is 4.74 Å². The number of benzene rings is 2. The molecule has 0 heterocycles. The van der Waals surface area contributed by atoms with Gasteiger partial charge in [-0.05, 0) is 24.3 Å². The van der Waals surface area contributed by atoms with Crippen molar-refractivity contribution in [1.82, 2.24) is 0 Å². The Morgan fingerprint density at radius 3 is 2.32 bits per heavy atom. The van der Waals surface area contributed by atoms with Gasteiger partial charge in [-0.1, -0.05) is 30.3 Å². The molecule has 0 spiro atoms. The van der Waals surface area contributed by atoms with E-state index in [1.807, 2.05) is 6.07 Å². The highest BCUT2D eigenvalue weighted by molar-refractivity contribution is 7.91. The fraction of sp³-hybridized carbons (Fsp3) is 0.0714. The summed E-state index contributed by atoms with van der Waals surface area (Å²) in [6.45, 7) is 6.70. The Labute approximate surface area is 112 Å². The van der Waals surface area contributed by atoms with Crippen molar-refractivity contribution in [2.75, 3.05) is 5.88 Å². The van der Waals surface area contributed by atoms with Crippen molar-refractivity contribution in [2.45, 2.75) is 4.90 Å². The molecule has 0 aliphatic heterocycles. The van der Waals surface area contributed by atoms with E-state index >= 15 is 0 Å². The SMILES string of the molecule is [C-]#[N+]CS(=O)(=O)c1ccccc1Oc1ccccc1. The summed E-state index contributed by atoms with van der Waals surface area (Å²) in [6.07, 6.45) is 0. The van der Waals surface area contributed by atoms with E-state index in [-0.39, 0.29) is 10.6 Å². The van der Waals surface area contributed by atoms with Gasteiger partial charge in [-0.15, -0.1) is 0 Å². The lowest BCUT2D eigenvalue weighted by Crippen LogP contribution is -2.05. The van der Waals surface area contributed by atoms with Crippen molar-refractivity contribution in [3.8, 4) is 11.5 Å². The zero-order chi connectivity index (χ0) is 13.7. The largest absolute Gasteiger partial charge is 0.456 e. The molecule has 0 amide bonds. The first kappa shape index (κ1) is 13.1. The third kappa shape index (κ3) is 3.12. The molecule has 2 rings (SSSR count). The van der Waals surface area contributed by atoms with E-state index in [1.54, 1.807) is 42.5 Å². The smallest absolute Gasteiger partial charge is 0.316 e. The quantitative estimate of drug-likeness (QED) is 0.804. The molecule has 0 aromatic heterocycles. The summed E-state index contributed by atoms with van der Waals surface area (Å²) < 4.78 is 29.5. The highest BCUT2D eigenvalue weighted by atomic mass is 32.2.